The van der Waals surface area contributed by atoms with E-state index in [1.54, 1.807) is 0 Å². The largest absolute Gasteiger partial charge is 0.455 e. The summed E-state index contributed by atoms with van der Waals surface area (Å²) in [7, 11) is 0. The molecular weight excluding hydrogens is 799 g/mol. The lowest BCUT2D eigenvalue weighted by molar-refractivity contribution is 0.670. The number of benzene rings is 11. The maximum Gasteiger partial charge on any atom is 0.143 e. The third-order valence-corrected chi connectivity index (χ3v) is 12.9. The average molecular weight is 842 g/mol. The lowest BCUT2D eigenvalue weighted by Gasteiger charge is -2.29. The van der Waals surface area contributed by atoms with Crippen LogP contribution in [-0.4, -0.2) is 0 Å². The Labute approximate surface area is 384 Å². The van der Waals surface area contributed by atoms with Crippen LogP contribution in [0.25, 0.3) is 99.5 Å². The molecular formula is C64H43NO. The fourth-order valence-corrected chi connectivity index (χ4v) is 9.77. The molecule has 0 fully saturated rings. The molecule has 0 saturated carbocycles. The minimum Gasteiger partial charge on any atom is -0.455 e. The van der Waals surface area contributed by atoms with Gasteiger partial charge in [-0.1, -0.05) is 224 Å². The Balaban J connectivity index is 1.01. The van der Waals surface area contributed by atoms with E-state index in [4.69, 9.17) is 4.42 Å². The molecule has 12 rings (SSSR count). The van der Waals surface area contributed by atoms with Gasteiger partial charge >= 0.3 is 0 Å². The standard InChI is InChI=1S/C64H43NO/c1-2-17-44(18-3-1)45-35-37-47(38-36-45)54-24-6-7-25-56(54)57-26-8-9-27-58(57)59-28-10-12-33-62(59)65(50-41-39-48(40-42-50)53-30-15-20-46-19-4-5-23-52(46)53)51-22-14-21-49(43-51)55-31-16-32-61-60-29-11-13-34-63(60)66-64(55)61/h1-43H. The monoisotopic (exact) mass is 841 g/mol. The van der Waals surface area contributed by atoms with E-state index in [9.17, 15) is 0 Å². The van der Waals surface area contributed by atoms with Gasteiger partial charge in [-0.15, -0.1) is 0 Å². The zero-order valence-electron chi connectivity index (χ0n) is 36.2. The predicted octanol–water partition coefficient (Wildman–Crippen LogP) is 18.2. The number of nitrogens with zero attached hydrogens (tertiary/aromatic N) is 1. The predicted molar refractivity (Wildman–Crippen MR) is 279 cm³/mol. The van der Waals surface area contributed by atoms with Gasteiger partial charge in [-0.25, -0.2) is 0 Å². The highest BCUT2D eigenvalue weighted by molar-refractivity contribution is 6.10. The number of hydrogen-bond donors (Lipinski definition) is 0. The summed E-state index contributed by atoms with van der Waals surface area (Å²) in [5, 5.41) is 4.71. The molecule has 2 heteroatoms. The maximum atomic E-state index is 6.58. The Bertz CT molecular complexity index is 3690. The highest BCUT2D eigenvalue weighted by Crippen LogP contribution is 2.47. The van der Waals surface area contributed by atoms with Gasteiger partial charge in [0.25, 0.3) is 0 Å². The summed E-state index contributed by atoms with van der Waals surface area (Å²) in [5.41, 5.74) is 18.9. The summed E-state index contributed by atoms with van der Waals surface area (Å²) >= 11 is 0. The zero-order valence-corrected chi connectivity index (χ0v) is 36.2. The van der Waals surface area contributed by atoms with Crippen LogP contribution in [0.1, 0.15) is 0 Å². The van der Waals surface area contributed by atoms with Crippen molar-refractivity contribution in [3.63, 3.8) is 0 Å². The Morgan fingerprint density at radius 1 is 0.258 bits per heavy atom. The number of hydrogen-bond acceptors (Lipinski definition) is 2. The molecule has 0 N–H and O–H groups in total. The molecule has 1 aromatic heterocycles. The van der Waals surface area contributed by atoms with Gasteiger partial charge in [-0.05, 0) is 103 Å². The van der Waals surface area contributed by atoms with Crippen molar-refractivity contribution in [1.29, 1.82) is 0 Å². The maximum absolute atomic E-state index is 6.58. The summed E-state index contributed by atoms with van der Waals surface area (Å²) in [5.74, 6) is 0. The third-order valence-electron chi connectivity index (χ3n) is 12.9. The van der Waals surface area contributed by atoms with E-state index in [0.29, 0.717) is 0 Å². The van der Waals surface area contributed by atoms with Crippen LogP contribution in [0.5, 0.6) is 0 Å². The van der Waals surface area contributed by atoms with Crippen molar-refractivity contribution in [1.82, 2.24) is 0 Å². The molecule has 310 valence electrons. The molecule has 0 aliphatic rings. The summed E-state index contributed by atoms with van der Waals surface area (Å²) in [6.45, 7) is 0. The van der Waals surface area contributed by atoms with Crippen LogP contribution in [0, 0.1) is 0 Å². The van der Waals surface area contributed by atoms with Crippen molar-refractivity contribution in [2.45, 2.75) is 0 Å². The van der Waals surface area contributed by atoms with Gasteiger partial charge in [0.05, 0.1) is 5.69 Å². The van der Waals surface area contributed by atoms with Crippen molar-refractivity contribution in [2.75, 3.05) is 4.90 Å². The molecule has 0 spiro atoms. The molecule has 0 saturated heterocycles. The molecule has 12 aromatic rings. The summed E-state index contributed by atoms with van der Waals surface area (Å²) in [6, 6.07) is 93.9. The van der Waals surface area contributed by atoms with Crippen LogP contribution in [-0.2, 0) is 0 Å². The first kappa shape index (κ1) is 38.9. The molecule has 2 nitrogen and oxygen atoms in total. The first-order valence-corrected chi connectivity index (χ1v) is 22.6. The van der Waals surface area contributed by atoms with E-state index in [2.05, 4.69) is 254 Å². The third kappa shape index (κ3) is 7.02. The van der Waals surface area contributed by atoms with E-state index >= 15 is 0 Å². The van der Waals surface area contributed by atoms with E-state index in [-0.39, 0.29) is 0 Å². The number of anilines is 3. The molecule has 0 unspecified atom stereocenters. The first-order chi connectivity index (χ1) is 32.7. The minimum atomic E-state index is 0.891. The van der Waals surface area contributed by atoms with Crippen LogP contribution >= 0.6 is 0 Å². The summed E-state index contributed by atoms with van der Waals surface area (Å²) in [6.07, 6.45) is 0. The van der Waals surface area contributed by atoms with Gasteiger partial charge in [-0.3, -0.25) is 0 Å². The smallest absolute Gasteiger partial charge is 0.143 e. The van der Waals surface area contributed by atoms with Gasteiger partial charge in [0.2, 0.25) is 0 Å². The van der Waals surface area contributed by atoms with Gasteiger partial charge < -0.3 is 9.32 Å². The van der Waals surface area contributed by atoms with Crippen LogP contribution < -0.4 is 4.90 Å². The van der Waals surface area contributed by atoms with E-state index in [1.165, 1.54) is 55.3 Å². The van der Waals surface area contributed by atoms with Crippen LogP contribution in [0.4, 0.5) is 17.1 Å². The van der Waals surface area contributed by atoms with Crippen molar-refractivity contribution in [3.8, 4) is 66.8 Å². The molecule has 0 aliphatic heterocycles. The Morgan fingerprint density at radius 2 is 0.742 bits per heavy atom. The van der Waals surface area contributed by atoms with E-state index in [0.717, 1.165) is 61.3 Å². The Hall–Kier alpha value is -8.72. The molecule has 0 aliphatic carbocycles. The Morgan fingerprint density at radius 3 is 1.55 bits per heavy atom. The van der Waals surface area contributed by atoms with Crippen molar-refractivity contribution >= 4 is 49.8 Å². The van der Waals surface area contributed by atoms with E-state index < -0.39 is 0 Å². The topological polar surface area (TPSA) is 16.4 Å². The normalized spacial score (nSPS) is 11.3. The first-order valence-electron chi connectivity index (χ1n) is 22.6. The Kier molecular flexibility index (Phi) is 9.89. The molecule has 66 heavy (non-hydrogen) atoms. The van der Waals surface area contributed by atoms with Crippen LogP contribution in [0.3, 0.4) is 0 Å². The molecule has 11 aromatic carbocycles. The van der Waals surface area contributed by atoms with Gasteiger partial charge in [0.15, 0.2) is 0 Å². The quantitative estimate of drug-likeness (QED) is 0.144. The van der Waals surface area contributed by atoms with Gasteiger partial charge in [0, 0.05) is 33.3 Å². The second kappa shape index (κ2) is 16.8. The number of fused-ring (bicyclic) bond motifs is 4. The molecule has 0 amide bonds. The highest BCUT2D eigenvalue weighted by Gasteiger charge is 2.22. The van der Waals surface area contributed by atoms with Crippen LogP contribution in [0.2, 0.25) is 0 Å². The summed E-state index contributed by atoms with van der Waals surface area (Å²) in [4.78, 5) is 2.41. The van der Waals surface area contributed by atoms with Gasteiger partial charge in [-0.2, -0.15) is 0 Å². The van der Waals surface area contributed by atoms with Crippen LogP contribution in [0.15, 0.2) is 265 Å². The second-order valence-electron chi connectivity index (χ2n) is 16.8. The zero-order chi connectivity index (χ0) is 43.8. The number of para-hydroxylation sites is 3. The van der Waals surface area contributed by atoms with Crippen molar-refractivity contribution in [3.05, 3.63) is 261 Å². The molecule has 0 radical (unpaired) electrons. The van der Waals surface area contributed by atoms with Crippen molar-refractivity contribution in [2.24, 2.45) is 0 Å². The minimum absolute atomic E-state index is 0.891. The molecule has 0 atom stereocenters. The molecule has 0 bridgehead atoms. The van der Waals surface area contributed by atoms with Crippen molar-refractivity contribution < 1.29 is 4.42 Å². The lowest BCUT2D eigenvalue weighted by atomic mass is 9.88. The fraction of sp³-hybridized carbons (Fsp3) is 0. The van der Waals surface area contributed by atoms with E-state index in [1.807, 2.05) is 12.1 Å². The average Bonchev–Trinajstić information content (AvgIpc) is 3.79. The number of furan rings is 1. The molecule has 1 heterocycles. The lowest BCUT2D eigenvalue weighted by Crippen LogP contribution is -2.11. The highest BCUT2D eigenvalue weighted by atomic mass is 16.3. The fourth-order valence-electron chi connectivity index (χ4n) is 9.77. The summed E-state index contributed by atoms with van der Waals surface area (Å²) < 4.78 is 6.58. The van der Waals surface area contributed by atoms with Gasteiger partial charge in [0.1, 0.15) is 11.2 Å². The SMILES string of the molecule is c1ccc(-c2ccc(-c3ccccc3-c3ccccc3-c3ccccc3N(c3ccc(-c4cccc5ccccc45)cc3)c3cccc(-c4cccc5c4oc4ccccc45)c3)cc2)cc1. The number of rotatable bonds is 9. The second-order valence-corrected chi connectivity index (χ2v) is 16.8.